The predicted octanol–water partition coefficient (Wildman–Crippen LogP) is 3.10. The quantitative estimate of drug-likeness (QED) is 0.810. The highest BCUT2D eigenvalue weighted by atomic mass is 16.5. The van der Waals surface area contributed by atoms with Gasteiger partial charge in [-0.3, -0.25) is 0 Å². The van der Waals surface area contributed by atoms with Gasteiger partial charge in [-0.05, 0) is 44.0 Å². The highest BCUT2D eigenvalue weighted by molar-refractivity contribution is 5.65. The van der Waals surface area contributed by atoms with Gasteiger partial charge in [-0.1, -0.05) is 0 Å². The van der Waals surface area contributed by atoms with Crippen molar-refractivity contribution in [2.24, 2.45) is 7.05 Å². The van der Waals surface area contributed by atoms with Crippen molar-refractivity contribution < 1.29 is 4.74 Å². The molecule has 90 valence electrons. The first kappa shape index (κ1) is 11.7. The van der Waals surface area contributed by atoms with E-state index in [0.717, 1.165) is 17.0 Å². The van der Waals surface area contributed by atoms with Crippen LogP contribution >= 0.6 is 0 Å². The second kappa shape index (κ2) is 4.62. The lowest BCUT2D eigenvalue weighted by molar-refractivity contribution is 0.337. The summed E-state index contributed by atoms with van der Waals surface area (Å²) in [5, 5.41) is 0. The Morgan fingerprint density at radius 2 is 2.00 bits per heavy atom. The molecule has 0 radical (unpaired) electrons. The van der Waals surface area contributed by atoms with Gasteiger partial charge in [-0.15, -0.1) is 0 Å². The van der Waals surface area contributed by atoms with Gasteiger partial charge in [0.25, 0.3) is 0 Å². The summed E-state index contributed by atoms with van der Waals surface area (Å²) in [4.78, 5) is 4.39. The molecule has 0 atom stereocenters. The van der Waals surface area contributed by atoms with Crippen LogP contribution in [0.5, 0.6) is 5.75 Å². The van der Waals surface area contributed by atoms with E-state index in [1.165, 1.54) is 11.1 Å². The third-order valence-electron chi connectivity index (χ3n) is 2.80. The molecule has 1 aromatic heterocycles. The Bertz CT molecular complexity index is 529. The van der Waals surface area contributed by atoms with Crippen molar-refractivity contribution in [3.05, 3.63) is 35.8 Å². The third-order valence-corrected chi connectivity index (χ3v) is 2.80. The number of hydrogen-bond donors (Lipinski definition) is 0. The fraction of sp³-hybridized carbons (Fsp3) is 0.357. The van der Waals surface area contributed by atoms with Crippen LogP contribution in [0, 0.1) is 13.8 Å². The zero-order valence-corrected chi connectivity index (χ0v) is 10.8. The monoisotopic (exact) mass is 230 g/mol. The average molecular weight is 230 g/mol. The fourth-order valence-corrected chi connectivity index (χ4v) is 1.93. The van der Waals surface area contributed by atoms with Gasteiger partial charge in [0.2, 0.25) is 0 Å². The van der Waals surface area contributed by atoms with Crippen LogP contribution < -0.4 is 4.74 Å². The summed E-state index contributed by atoms with van der Waals surface area (Å²) in [7, 11) is 1.98. The summed E-state index contributed by atoms with van der Waals surface area (Å²) in [6.07, 6.45) is 3.85. The average Bonchev–Trinajstić information content (AvgIpc) is 2.70. The second-order valence-corrected chi connectivity index (χ2v) is 4.29. The minimum absolute atomic E-state index is 0.698. The van der Waals surface area contributed by atoms with E-state index >= 15 is 0 Å². The molecule has 3 heteroatoms. The Hall–Kier alpha value is -1.77. The first-order valence-electron chi connectivity index (χ1n) is 5.84. The molecule has 3 nitrogen and oxygen atoms in total. The summed E-state index contributed by atoms with van der Waals surface area (Å²) in [6.45, 7) is 6.85. The number of nitrogens with zero attached hydrogens (tertiary/aromatic N) is 2. The zero-order valence-electron chi connectivity index (χ0n) is 10.8. The molecule has 0 unspecified atom stereocenters. The molecule has 0 saturated heterocycles. The van der Waals surface area contributed by atoms with E-state index in [4.69, 9.17) is 4.74 Å². The van der Waals surface area contributed by atoms with Crippen LogP contribution in [-0.4, -0.2) is 16.2 Å². The Balaban J connectivity index is 2.46. The summed E-state index contributed by atoms with van der Waals surface area (Å²) >= 11 is 0. The Labute approximate surface area is 102 Å². The predicted molar refractivity (Wildman–Crippen MR) is 69.3 cm³/mol. The van der Waals surface area contributed by atoms with Crippen molar-refractivity contribution in [3.63, 3.8) is 0 Å². The summed E-state index contributed by atoms with van der Waals surface area (Å²) < 4.78 is 7.55. The Morgan fingerprint density at radius 1 is 1.24 bits per heavy atom. The standard InChI is InChI=1S/C14H18N2O/c1-5-17-14-7-10(2)12(6-11(14)3)13-8-16(4)9-15-13/h6-9H,5H2,1-4H3. The van der Waals surface area contributed by atoms with Crippen LogP contribution in [0.4, 0.5) is 0 Å². The number of benzene rings is 1. The minimum Gasteiger partial charge on any atom is -0.494 e. The van der Waals surface area contributed by atoms with Crippen molar-refractivity contribution in [1.82, 2.24) is 9.55 Å². The van der Waals surface area contributed by atoms with E-state index in [2.05, 4.69) is 31.0 Å². The molecule has 17 heavy (non-hydrogen) atoms. The lowest BCUT2D eigenvalue weighted by Gasteiger charge is -2.11. The molecule has 0 spiro atoms. The Morgan fingerprint density at radius 3 is 2.59 bits per heavy atom. The van der Waals surface area contributed by atoms with Gasteiger partial charge >= 0.3 is 0 Å². The summed E-state index contributed by atoms with van der Waals surface area (Å²) in [5.41, 5.74) is 4.53. The van der Waals surface area contributed by atoms with Gasteiger partial charge < -0.3 is 9.30 Å². The molecule has 0 aliphatic rings. The SMILES string of the molecule is CCOc1cc(C)c(-c2cn(C)cn2)cc1C. The fourth-order valence-electron chi connectivity index (χ4n) is 1.93. The number of rotatable bonds is 3. The van der Waals surface area contributed by atoms with Gasteiger partial charge in [-0.2, -0.15) is 0 Å². The smallest absolute Gasteiger partial charge is 0.122 e. The molecule has 2 aromatic rings. The van der Waals surface area contributed by atoms with E-state index in [-0.39, 0.29) is 0 Å². The topological polar surface area (TPSA) is 27.1 Å². The van der Waals surface area contributed by atoms with Crippen LogP contribution in [0.3, 0.4) is 0 Å². The highest BCUT2D eigenvalue weighted by Crippen LogP contribution is 2.29. The van der Waals surface area contributed by atoms with E-state index in [1.54, 1.807) is 0 Å². The van der Waals surface area contributed by atoms with Crippen LogP contribution in [0.2, 0.25) is 0 Å². The zero-order chi connectivity index (χ0) is 12.4. The minimum atomic E-state index is 0.698. The normalized spacial score (nSPS) is 10.6. The molecule has 1 aromatic carbocycles. The maximum Gasteiger partial charge on any atom is 0.122 e. The van der Waals surface area contributed by atoms with Gasteiger partial charge in [-0.25, -0.2) is 4.98 Å². The molecule has 0 amide bonds. The van der Waals surface area contributed by atoms with E-state index < -0.39 is 0 Å². The molecule has 0 aliphatic heterocycles. The molecule has 0 saturated carbocycles. The first-order valence-corrected chi connectivity index (χ1v) is 5.84. The molecule has 1 heterocycles. The number of imidazole rings is 1. The Kier molecular flexibility index (Phi) is 3.18. The van der Waals surface area contributed by atoms with Gasteiger partial charge in [0.15, 0.2) is 0 Å². The molecular weight excluding hydrogens is 212 g/mol. The number of hydrogen-bond acceptors (Lipinski definition) is 2. The second-order valence-electron chi connectivity index (χ2n) is 4.29. The van der Waals surface area contributed by atoms with Gasteiger partial charge in [0.05, 0.1) is 18.6 Å². The van der Waals surface area contributed by atoms with Crippen molar-refractivity contribution in [2.45, 2.75) is 20.8 Å². The summed E-state index contributed by atoms with van der Waals surface area (Å²) in [6, 6.07) is 4.23. The van der Waals surface area contributed by atoms with Gasteiger partial charge in [0, 0.05) is 18.8 Å². The van der Waals surface area contributed by atoms with Crippen LogP contribution in [-0.2, 0) is 7.05 Å². The number of aromatic nitrogens is 2. The van der Waals surface area contributed by atoms with Crippen molar-refractivity contribution in [2.75, 3.05) is 6.61 Å². The van der Waals surface area contributed by atoms with Crippen molar-refractivity contribution in [3.8, 4) is 17.0 Å². The highest BCUT2D eigenvalue weighted by Gasteiger charge is 2.09. The lowest BCUT2D eigenvalue weighted by Crippen LogP contribution is -1.96. The molecule has 0 bridgehead atoms. The van der Waals surface area contributed by atoms with Crippen LogP contribution in [0.15, 0.2) is 24.7 Å². The lowest BCUT2D eigenvalue weighted by atomic mass is 10.0. The summed E-state index contributed by atoms with van der Waals surface area (Å²) in [5.74, 6) is 0.963. The maximum absolute atomic E-state index is 5.59. The molecule has 0 N–H and O–H groups in total. The molecule has 0 fully saturated rings. The largest absolute Gasteiger partial charge is 0.494 e. The molecule has 0 aliphatic carbocycles. The van der Waals surface area contributed by atoms with E-state index in [1.807, 2.05) is 31.1 Å². The maximum atomic E-state index is 5.59. The van der Waals surface area contributed by atoms with E-state index in [0.29, 0.717) is 6.61 Å². The van der Waals surface area contributed by atoms with Crippen molar-refractivity contribution in [1.29, 1.82) is 0 Å². The van der Waals surface area contributed by atoms with Gasteiger partial charge in [0.1, 0.15) is 5.75 Å². The van der Waals surface area contributed by atoms with Crippen LogP contribution in [0.1, 0.15) is 18.1 Å². The molecular formula is C14H18N2O. The number of aryl methyl sites for hydroxylation is 3. The first-order chi connectivity index (χ1) is 8.11. The third kappa shape index (κ3) is 2.33. The van der Waals surface area contributed by atoms with Crippen molar-refractivity contribution >= 4 is 0 Å². The van der Waals surface area contributed by atoms with Crippen LogP contribution in [0.25, 0.3) is 11.3 Å². The number of ether oxygens (including phenoxy) is 1. The van der Waals surface area contributed by atoms with E-state index in [9.17, 15) is 0 Å². The molecule has 2 rings (SSSR count).